The Balaban J connectivity index is 1.97. The molecule has 7 heteroatoms. The second-order valence-electron chi connectivity index (χ2n) is 4.52. The Labute approximate surface area is 127 Å². The van der Waals surface area contributed by atoms with Crippen molar-refractivity contribution in [1.29, 1.82) is 0 Å². The number of amides is 1. The maximum absolute atomic E-state index is 12.9. The molecule has 0 aliphatic heterocycles. The Bertz CT molecular complexity index is 619. The average Bonchev–Trinajstić information content (AvgIpc) is 2.54. The third kappa shape index (κ3) is 4.78. The van der Waals surface area contributed by atoms with Gasteiger partial charge in [-0.05, 0) is 30.7 Å². The summed E-state index contributed by atoms with van der Waals surface area (Å²) in [7, 11) is 1.61. The molecule has 22 heavy (non-hydrogen) atoms. The largest absolute Gasteiger partial charge is 0.385 e. The molecule has 2 aromatic rings. The van der Waals surface area contributed by atoms with Gasteiger partial charge < -0.3 is 15.4 Å². The Morgan fingerprint density at radius 3 is 2.77 bits per heavy atom. The summed E-state index contributed by atoms with van der Waals surface area (Å²) in [6.45, 7) is 1.10. The zero-order valence-electron chi connectivity index (χ0n) is 12.2. The molecule has 0 aliphatic carbocycles. The van der Waals surface area contributed by atoms with E-state index in [1.807, 2.05) is 0 Å². The van der Waals surface area contributed by atoms with Crippen LogP contribution in [0.4, 0.5) is 15.9 Å². The first-order chi connectivity index (χ1) is 10.7. The first-order valence-electron chi connectivity index (χ1n) is 6.81. The van der Waals surface area contributed by atoms with E-state index in [-0.39, 0.29) is 17.4 Å². The Morgan fingerprint density at radius 1 is 1.27 bits per heavy atom. The Hall–Kier alpha value is -2.54. The van der Waals surface area contributed by atoms with Crippen LogP contribution in [-0.4, -0.2) is 36.1 Å². The number of carbonyl (C=O) groups excluding carboxylic acids is 1. The molecular weight excluding hydrogens is 287 g/mol. The molecule has 1 aromatic carbocycles. The number of anilines is 2. The normalized spacial score (nSPS) is 10.3. The highest BCUT2D eigenvalue weighted by atomic mass is 19.1. The average molecular weight is 304 g/mol. The molecule has 1 amide bonds. The lowest BCUT2D eigenvalue weighted by atomic mass is 10.3. The van der Waals surface area contributed by atoms with Gasteiger partial charge in [0.05, 0.1) is 0 Å². The monoisotopic (exact) mass is 304 g/mol. The predicted octanol–water partition coefficient (Wildman–Crippen LogP) is 2.13. The fourth-order valence-electron chi connectivity index (χ4n) is 1.74. The van der Waals surface area contributed by atoms with E-state index in [1.54, 1.807) is 19.2 Å². The lowest BCUT2D eigenvalue weighted by Crippen LogP contribution is -2.26. The molecule has 0 saturated heterocycles. The van der Waals surface area contributed by atoms with Gasteiger partial charge >= 0.3 is 0 Å². The van der Waals surface area contributed by atoms with Gasteiger partial charge in [-0.15, -0.1) is 0 Å². The third-order valence-corrected chi connectivity index (χ3v) is 2.83. The fraction of sp³-hybridized carbons (Fsp3) is 0.267. The molecule has 1 aromatic heterocycles. The van der Waals surface area contributed by atoms with Crippen LogP contribution in [0.1, 0.15) is 16.9 Å². The van der Waals surface area contributed by atoms with Crippen LogP contribution < -0.4 is 10.6 Å². The zero-order chi connectivity index (χ0) is 15.8. The number of carbonyl (C=O) groups is 1. The molecule has 1 heterocycles. The summed E-state index contributed by atoms with van der Waals surface area (Å²) in [6.07, 6.45) is 2.03. The predicted molar refractivity (Wildman–Crippen MR) is 80.5 cm³/mol. The molecule has 116 valence electrons. The molecule has 0 fully saturated rings. The van der Waals surface area contributed by atoms with Crippen LogP contribution in [0.2, 0.25) is 0 Å². The maximum atomic E-state index is 12.9. The number of hydrogen-bond acceptors (Lipinski definition) is 5. The lowest BCUT2D eigenvalue weighted by Gasteiger charge is -2.07. The van der Waals surface area contributed by atoms with E-state index in [0.29, 0.717) is 24.7 Å². The van der Waals surface area contributed by atoms with Crippen molar-refractivity contribution in [2.75, 3.05) is 25.6 Å². The van der Waals surface area contributed by atoms with Gasteiger partial charge in [-0.25, -0.2) is 14.4 Å². The zero-order valence-corrected chi connectivity index (χ0v) is 12.2. The molecule has 0 saturated carbocycles. The van der Waals surface area contributed by atoms with Crippen molar-refractivity contribution in [2.24, 2.45) is 0 Å². The molecule has 0 unspecified atom stereocenters. The first-order valence-corrected chi connectivity index (χ1v) is 6.81. The van der Waals surface area contributed by atoms with Crippen LogP contribution in [-0.2, 0) is 4.74 Å². The molecule has 0 radical (unpaired) electrons. The molecule has 0 spiro atoms. The quantitative estimate of drug-likeness (QED) is 0.766. The van der Waals surface area contributed by atoms with E-state index in [1.165, 1.54) is 24.5 Å². The lowest BCUT2D eigenvalue weighted by molar-refractivity contribution is 0.0943. The summed E-state index contributed by atoms with van der Waals surface area (Å²) in [5.74, 6) is -0.131. The molecule has 6 nitrogen and oxygen atoms in total. The number of nitrogens with one attached hydrogen (secondary N) is 2. The molecule has 0 aliphatic rings. The second kappa shape index (κ2) is 8.04. The summed E-state index contributed by atoms with van der Waals surface area (Å²) in [6, 6.07) is 7.39. The first kappa shape index (κ1) is 15.8. The van der Waals surface area contributed by atoms with Crippen LogP contribution in [0.25, 0.3) is 0 Å². The van der Waals surface area contributed by atoms with Crippen LogP contribution in [0.5, 0.6) is 0 Å². The number of rotatable bonds is 7. The van der Waals surface area contributed by atoms with Gasteiger partial charge in [0, 0.05) is 32.0 Å². The highest BCUT2D eigenvalue weighted by molar-refractivity contribution is 5.92. The smallest absolute Gasteiger partial charge is 0.270 e. The van der Waals surface area contributed by atoms with Crippen molar-refractivity contribution in [3.8, 4) is 0 Å². The topological polar surface area (TPSA) is 76.1 Å². The molecule has 2 rings (SSSR count). The molecule has 0 atom stereocenters. The number of aromatic nitrogens is 2. The fourth-order valence-corrected chi connectivity index (χ4v) is 1.74. The Morgan fingerprint density at radius 2 is 2.05 bits per heavy atom. The van der Waals surface area contributed by atoms with E-state index < -0.39 is 0 Å². The van der Waals surface area contributed by atoms with Gasteiger partial charge in [-0.2, -0.15) is 0 Å². The molecule has 2 N–H and O–H groups in total. The van der Waals surface area contributed by atoms with E-state index >= 15 is 0 Å². The van der Waals surface area contributed by atoms with Crippen molar-refractivity contribution in [1.82, 2.24) is 15.3 Å². The van der Waals surface area contributed by atoms with Crippen molar-refractivity contribution in [3.63, 3.8) is 0 Å². The highest BCUT2D eigenvalue weighted by Crippen LogP contribution is 2.14. The number of ether oxygens (including phenoxy) is 1. The summed E-state index contributed by atoms with van der Waals surface area (Å²) >= 11 is 0. The maximum Gasteiger partial charge on any atom is 0.270 e. The summed E-state index contributed by atoms with van der Waals surface area (Å²) in [5, 5.41) is 5.73. The summed E-state index contributed by atoms with van der Waals surface area (Å²) in [4.78, 5) is 19.9. The second-order valence-corrected chi connectivity index (χ2v) is 4.52. The highest BCUT2D eigenvalue weighted by Gasteiger charge is 2.08. The number of nitrogens with zero attached hydrogens (tertiary/aromatic N) is 2. The van der Waals surface area contributed by atoms with E-state index in [0.717, 1.165) is 6.42 Å². The number of benzene rings is 1. The number of methoxy groups -OCH3 is 1. The van der Waals surface area contributed by atoms with Gasteiger partial charge in [-0.3, -0.25) is 4.79 Å². The minimum absolute atomic E-state index is 0.261. The minimum atomic E-state index is -0.315. The van der Waals surface area contributed by atoms with Crippen LogP contribution in [0.15, 0.2) is 36.7 Å². The van der Waals surface area contributed by atoms with Crippen molar-refractivity contribution in [2.45, 2.75) is 6.42 Å². The van der Waals surface area contributed by atoms with Crippen molar-refractivity contribution >= 4 is 17.4 Å². The van der Waals surface area contributed by atoms with Gasteiger partial charge in [-0.1, -0.05) is 0 Å². The number of hydrogen-bond donors (Lipinski definition) is 2. The molecular formula is C15H17FN4O2. The SMILES string of the molecule is COCCCNC(=O)c1cc(Nc2ccc(F)cc2)ncn1. The summed E-state index contributed by atoms with van der Waals surface area (Å²) < 4.78 is 17.8. The third-order valence-electron chi connectivity index (χ3n) is 2.83. The van der Waals surface area contributed by atoms with Crippen molar-refractivity contribution < 1.29 is 13.9 Å². The van der Waals surface area contributed by atoms with E-state index in [2.05, 4.69) is 20.6 Å². The van der Waals surface area contributed by atoms with E-state index in [4.69, 9.17) is 4.74 Å². The molecule has 0 bridgehead atoms. The Kier molecular flexibility index (Phi) is 5.79. The van der Waals surface area contributed by atoms with Crippen LogP contribution in [0, 0.1) is 5.82 Å². The van der Waals surface area contributed by atoms with Gasteiger partial charge in [0.15, 0.2) is 0 Å². The van der Waals surface area contributed by atoms with E-state index in [9.17, 15) is 9.18 Å². The van der Waals surface area contributed by atoms with Gasteiger partial charge in [0.25, 0.3) is 5.91 Å². The summed E-state index contributed by atoms with van der Waals surface area (Å²) in [5.41, 5.74) is 0.934. The van der Waals surface area contributed by atoms with Gasteiger partial charge in [0.2, 0.25) is 0 Å². The van der Waals surface area contributed by atoms with Crippen LogP contribution in [0.3, 0.4) is 0 Å². The minimum Gasteiger partial charge on any atom is -0.385 e. The number of halogens is 1. The van der Waals surface area contributed by atoms with Gasteiger partial charge in [0.1, 0.15) is 23.7 Å². The van der Waals surface area contributed by atoms with Crippen molar-refractivity contribution in [3.05, 3.63) is 48.2 Å². The standard InChI is InChI=1S/C15H17FN4O2/c1-22-8-2-7-17-15(21)13-9-14(19-10-18-13)20-12-5-3-11(16)4-6-12/h3-6,9-10H,2,7-8H2,1H3,(H,17,21)(H,18,19,20). The van der Waals surface area contributed by atoms with Crippen LogP contribution >= 0.6 is 0 Å².